The van der Waals surface area contributed by atoms with Crippen LogP contribution in [0.15, 0.2) is 48.5 Å². The number of hydrogen-bond donors (Lipinski definition) is 3. The van der Waals surface area contributed by atoms with Gasteiger partial charge in [0.15, 0.2) is 0 Å². The molecule has 0 bridgehead atoms. The van der Waals surface area contributed by atoms with Crippen LogP contribution in [0.3, 0.4) is 0 Å². The summed E-state index contributed by atoms with van der Waals surface area (Å²) in [5.74, 6) is -1.32. The minimum atomic E-state index is -0.884. The van der Waals surface area contributed by atoms with Crippen molar-refractivity contribution in [2.45, 2.75) is 51.0 Å². The van der Waals surface area contributed by atoms with Crippen LogP contribution in [0, 0.1) is 5.41 Å². The van der Waals surface area contributed by atoms with Crippen LogP contribution in [0.1, 0.15) is 56.1 Å². The van der Waals surface area contributed by atoms with Crippen molar-refractivity contribution in [3.63, 3.8) is 0 Å². The minimum Gasteiger partial charge on any atom is -0.481 e. The van der Waals surface area contributed by atoms with Gasteiger partial charge in [0.25, 0.3) is 0 Å². The fourth-order valence-electron chi connectivity index (χ4n) is 4.79. The maximum absolute atomic E-state index is 12.7. The average Bonchev–Trinajstić information content (AvgIpc) is 3.10. The van der Waals surface area contributed by atoms with Crippen molar-refractivity contribution in [3.8, 4) is 11.1 Å². The van der Waals surface area contributed by atoms with Crippen LogP contribution in [0.2, 0.25) is 0 Å². The molecule has 0 spiro atoms. The number of benzene rings is 2. The third-order valence-electron chi connectivity index (χ3n) is 6.89. The summed E-state index contributed by atoms with van der Waals surface area (Å²) in [6.07, 6.45) is 2.43. The first-order valence-electron chi connectivity index (χ1n) is 11.6. The molecule has 2 aromatic carbocycles. The van der Waals surface area contributed by atoms with E-state index in [2.05, 4.69) is 22.8 Å². The summed E-state index contributed by atoms with van der Waals surface area (Å²) in [5, 5.41) is 14.9. The fourth-order valence-corrected chi connectivity index (χ4v) is 4.79. The van der Waals surface area contributed by atoms with Crippen molar-refractivity contribution in [2.24, 2.45) is 5.41 Å². The Morgan fingerprint density at radius 2 is 1.67 bits per heavy atom. The van der Waals surface area contributed by atoms with Gasteiger partial charge in [-0.1, -0.05) is 68.3 Å². The molecule has 174 valence electrons. The lowest BCUT2D eigenvalue weighted by Crippen LogP contribution is -2.52. The predicted octanol–water partition coefficient (Wildman–Crippen LogP) is 4.06. The summed E-state index contributed by atoms with van der Waals surface area (Å²) in [5.41, 5.74) is 3.65. The highest BCUT2D eigenvalue weighted by Crippen LogP contribution is 2.44. The maximum atomic E-state index is 12.7. The first-order chi connectivity index (χ1) is 15.9. The van der Waals surface area contributed by atoms with Gasteiger partial charge < -0.3 is 20.5 Å². The summed E-state index contributed by atoms with van der Waals surface area (Å²) in [6.45, 7) is 2.17. The van der Waals surface area contributed by atoms with Crippen molar-refractivity contribution >= 4 is 18.0 Å². The summed E-state index contributed by atoms with van der Waals surface area (Å²) in [4.78, 5) is 36.8. The van der Waals surface area contributed by atoms with E-state index in [1.807, 2.05) is 43.3 Å². The Bertz CT molecular complexity index is 1000. The van der Waals surface area contributed by atoms with Crippen LogP contribution in [-0.2, 0) is 14.3 Å². The number of aliphatic carboxylic acids is 1. The molecular weight excluding hydrogens is 420 g/mol. The van der Waals surface area contributed by atoms with Crippen LogP contribution < -0.4 is 10.6 Å². The highest BCUT2D eigenvalue weighted by atomic mass is 16.5. The largest absolute Gasteiger partial charge is 0.481 e. The molecule has 7 nitrogen and oxygen atoms in total. The van der Waals surface area contributed by atoms with Gasteiger partial charge in [-0.05, 0) is 41.5 Å². The lowest BCUT2D eigenvalue weighted by Gasteiger charge is -2.37. The molecule has 0 heterocycles. The van der Waals surface area contributed by atoms with Gasteiger partial charge in [0.05, 0.1) is 5.41 Å². The SMILES string of the molecule is CCCC(NC(=O)OCC1c2ccccc2-c2ccccc21)C(=O)NCC1(C(=O)O)CCC1. The second kappa shape index (κ2) is 9.65. The van der Waals surface area contributed by atoms with Gasteiger partial charge in [-0.15, -0.1) is 0 Å². The van der Waals surface area contributed by atoms with Crippen molar-refractivity contribution in [3.05, 3.63) is 59.7 Å². The zero-order valence-corrected chi connectivity index (χ0v) is 18.8. The summed E-state index contributed by atoms with van der Waals surface area (Å²) < 4.78 is 5.56. The predicted molar refractivity (Wildman–Crippen MR) is 124 cm³/mol. The van der Waals surface area contributed by atoms with E-state index in [-0.39, 0.29) is 25.0 Å². The lowest BCUT2D eigenvalue weighted by atomic mass is 9.69. The average molecular weight is 451 g/mol. The van der Waals surface area contributed by atoms with Crippen LogP contribution in [0.5, 0.6) is 0 Å². The first-order valence-corrected chi connectivity index (χ1v) is 11.6. The topological polar surface area (TPSA) is 105 Å². The minimum absolute atomic E-state index is 0.0596. The number of ether oxygens (including phenoxy) is 1. The molecule has 0 radical (unpaired) electrons. The Balaban J connectivity index is 1.36. The number of carbonyl (C=O) groups is 3. The fraction of sp³-hybridized carbons (Fsp3) is 0.423. The molecule has 3 N–H and O–H groups in total. The van der Waals surface area contributed by atoms with Crippen LogP contribution in [-0.4, -0.2) is 42.3 Å². The van der Waals surface area contributed by atoms with Crippen LogP contribution in [0.25, 0.3) is 11.1 Å². The van der Waals surface area contributed by atoms with E-state index in [0.29, 0.717) is 25.7 Å². The molecule has 1 fully saturated rings. The molecule has 0 aliphatic heterocycles. The highest BCUT2D eigenvalue weighted by Gasteiger charge is 2.44. The molecule has 1 atom stereocenters. The lowest BCUT2D eigenvalue weighted by molar-refractivity contribution is -0.154. The number of carboxylic acid groups (broad SMARTS) is 1. The van der Waals surface area contributed by atoms with Gasteiger partial charge in [-0.2, -0.15) is 0 Å². The van der Waals surface area contributed by atoms with Crippen molar-refractivity contribution in [2.75, 3.05) is 13.2 Å². The maximum Gasteiger partial charge on any atom is 0.407 e. The number of fused-ring (bicyclic) bond motifs is 3. The van der Waals surface area contributed by atoms with Gasteiger partial charge >= 0.3 is 12.1 Å². The quantitative estimate of drug-likeness (QED) is 0.534. The Morgan fingerprint density at radius 3 is 2.18 bits per heavy atom. The zero-order valence-electron chi connectivity index (χ0n) is 18.8. The van der Waals surface area contributed by atoms with Crippen molar-refractivity contribution in [1.82, 2.24) is 10.6 Å². The number of amides is 2. The standard InChI is InChI=1S/C26H30N2O5/c1-2-8-22(23(29)27-16-26(24(30)31)13-7-14-26)28-25(32)33-15-21-19-11-5-3-9-17(19)18-10-4-6-12-20(18)21/h3-6,9-12,21-22H,2,7-8,13-16H2,1H3,(H,27,29)(H,28,32)(H,30,31). The van der Waals surface area contributed by atoms with E-state index in [4.69, 9.17) is 4.74 Å². The highest BCUT2D eigenvalue weighted by molar-refractivity contribution is 5.86. The molecule has 2 aromatic rings. The molecule has 33 heavy (non-hydrogen) atoms. The molecule has 4 rings (SSSR count). The second-order valence-corrected chi connectivity index (χ2v) is 8.97. The summed E-state index contributed by atoms with van der Waals surface area (Å²) >= 11 is 0. The Morgan fingerprint density at radius 1 is 1.06 bits per heavy atom. The van der Waals surface area contributed by atoms with Crippen LogP contribution in [0.4, 0.5) is 4.79 Å². The van der Waals surface area contributed by atoms with E-state index >= 15 is 0 Å². The number of carbonyl (C=O) groups excluding carboxylic acids is 2. The van der Waals surface area contributed by atoms with Gasteiger partial charge in [-0.3, -0.25) is 9.59 Å². The molecule has 7 heteroatoms. The van der Waals surface area contributed by atoms with E-state index < -0.39 is 23.5 Å². The molecular formula is C26H30N2O5. The normalized spacial score (nSPS) is 16.6. The Kier molecular flexibility index (Phi) is 6.67. The van der Waals surface area contributed by atoms with Crippen molar-refractivity contribution < 1.29 is 24.2 Å². The molecule has 1 saturated carbocycles. The number of rotatable bonds is 9. The number of carboxylic acids is 1. The molecule has 2 amide bonds. The zero-order chi connectivity index (χ0) is 23.4. The smallest absolute Gasteiger partial charge is 0.407 e. The summed E-state index contributed by atoms with van der Waals surface area (Å²) in [6, 6.07) is 15.4. The monoisotopic (exact) mass is 450 g/mol. The number of nitrogens with one attached hydrogen (secondary N) is 2. The third-order valence-corrected chi connectivity index (χ3v) is 6.89. The number of hydrogen-bond acceptors (Lipinski definition) is 4. The molecule has 0 aromatic heterocycles. The van der Waals surface area contributed by atoms with E-state index in [1.54, 1.807) is 0 Å². The third kappa shape index (κ3) is 4.58. The second-order valence-electron chi connectivity index (χ2n) is 8.97. The van der Waals surface area contributed by atoms with E-state index in [9.17, 15) is 19.5 Å². The number of alkyl carbamates (subject to hydrolysis) is 1. The van der Waals surface area contributed by atoms with Crippen LogP contribution >= 0.6 is 0 Å². The summed E-state index contributed by atoms with van der Waals surface area (Å²) in [7, 11) is 0. The first kappa shape index (κ1) is 22.8. The van der Waals surface area contributed by atoms with Crippen molar-refractivity contribution in [1.29, 1.82) is 0 Å². The molecule has 2 aliphatic carbocycles. The Hall–Kier alpha value is -3.35. The molecule has 0 saturated heterocycles. The van der Waals surface area contributed by atoms with E-state index in [1.165, 1.54) is 0 Å². The van der Waals surface area contributed by atoms with Gasteiger partial charge in [0, 0.05) is 12.5 Å². The molecule has 2 aliphatic rings. The van der Waals surface area contributed by atoms with Gasteiger partial charge in [0.2, 0.25) is 5.91 Å². The van der Waals surface area contributed by atoms with E-state index in [0.717, 1.165) is 28.7 Å². The van der Waals surface area contributed by atoms with Gasteiger partial charge in [-0.25, -0.2) is 4.79 Å². The molecule has 1 unspecified atom stereocenters. The Labute approximate surface area is 193 Å². The van der Waals surface area contributed by atoms with Gasteiger partial charge in [0.1, 0.15) is 12.6 Å².